The first kappa shape index (κ1) is 11.5. The average Bonchev–Trinajstić information content (AvgIpc) is 3.09. The first-order chi connectivity index (χ1) is 7.69. The van der Waals surface area contributed by atoms with Crippen LogP contribution >= 0.6 is 0 Å². The van der Waals surface area contributed by atoms with E-state index in [-0.39, 0.29) is 0 Å². The molecule has 0 heterocycles. The topological polar surface area (TPSA) is 29.5 Å². The van der Waals surface area contributed by atoms with Crippen LogP contribution in [0, 0.1) is 12.5 Å². The van der Waals surface area contributed by atoms with E-state index in [2.05, 4.69) is 19.9 Å². The molecular formula is C14H19O2. The Morgan fingerprint density at radius 1 is 1.38 bits per heavy atom. The summed E-state index contributed by atoms with van der Waals surface area (Å²) in [6.45, 7) is 6.13. The van der Waals surface area contributed by atoms with E-state index in [0.29, 0.717) is 11.8 Å². The number of rotatable bonds is 5. The third-order valence-electron chi connectivity index (χ3n) is 2.73. The van der Waals surface area contributed by atoms with E-state index in [1.165, 1.54) is 18.4 Å². The van der Waals surface area contributed by atoms with Crippen molar-refractivity contribution in [3.8, 4) is 5.75 Å². The summed E-state index contributed by atoms with van der Waals surface area (Å²) in [6.07, 6.45) is 2.52. The molecular weight excluding hydrogens is 200 g/mol. The fraction of sp³-hybridized carbons (Fsp3) is 0.500. The maximum atomic E-state index is 9.09. The van der Waals surface area contributed by atoms with Crippen LogP contribution in [0.15, 0.2) is 18.2 Å². The molecule has 1 aromatic rings. The molecule has 0 aromatic heterocycles. The third kappa shape index (κ3) is 2.99. The summed E-state index contributed by atoms with van der Waals surface area (Å²) in [5.74, 6) is 2.07. The van der Waals surface area contributed by atoms with E-state index in [9.17, 15) is 0 Å². The van der Waals surface area contributed by atoms with Gasteiger partial charge in [-0.3, -0.25) is 0 Å². The van der Waals surface area contributed by atoms with Gasteiger partial charge in [-0.1, -0.05) is 19.9 Å². The fourth-order valence-electron chi connectivity index (χ4n) is 1.72. The number of ether oxygens (including phenoxy) is 1. The summed E-state index contributed by atoms with van der Waals surface area (Å²) in [7, 11) is 0. The van der Waals surface area contributed by atoms with Crippen molar-refractivity contribution >= 4 is 0 Å². The van der Waals surface area contributed by atoms with Crippen molar-refractivity contribution in [3.05, 3.63) is 35.9 Å². The molecule has 1 saturated carbocycles. The Bertz CT molecular complexity index is 354. The normalized spacial score (nSPS) is 15.5. The van der Waals surface area contributed by atoms with Crippen LogP contribution in [0.5, 0.6) is 5.75 Å². The molecule has 87 valence electrons. The van der Waals surface area contributed by atoms with Crippen molar-refractivity contribution in [1.82, 2.24) is 0 Å². The second-order valence-corrected chi connectivity index (χ2v) is 4.94. The van der Waals surface area contributed by atoms with Gasteiger partial charge < -0.3 is 9.84 Å². The lowest BCUT2D eigenvalue weighted by Gasteiger charge is -2.11. The smallest absolute Gasteiger partial charge is 0.119 e. The summed E-state index contributed by atoms with van der Waals surface area (Å²) < 4.78 is 5.70. The monoisotopic (exact) mass is 219 g/mol. The second-order valence-electron chi connectivity index (χ2n) is 4.94. The van der Waals surface area contributed by atoms with Crippen molar-refractivity contribution < 1.29 is 9.84 Å². The van der Waals surface area contributed by atoms with E-state index in [4.69, 9.17) is 9.84 Å². The first-order valence-corrected chi connectivity index (χ1v) is 5.94. The lowest BCUT2D eigenvalue weighted by Crippen LogP contribution is -2.05. The first-order valence-electron chi connectivity index (χ1n) is 5.94. The predicted molar refractivity (Wildman–Crippen MR) is 64.1 cm³/mol. The molecule has 2 heteroatoms. The molecule has 1 radical (unpaired) electrons. The maximum absolute atomic E-state index is 9.09. The highest BCUT2D eigenvalue weighted by Crippen LogP contribution is 2.41. The molecule has 1 aliphatic carbocycles. The molecule has 0 bridgehead atoms. The van der Waals surface area contributed by atoms with Crippen LogP contribution < -0.4 is 4.74 Å². The van der Waals surface area contributed by atoms with Gasteiger partial charge in [0.25, 0.3) is 0 Å². The van der Waals surface area contributed by atoms with Gasteiger partial charge in [0.1, 0.15) is 12.4 Å². The largest absolute Gasteiger partial charge is 0.493 e. The summed E-state index contributed by atoms with van der Waals surface area (Å²) in [5.41, 5.74) is 2.13. The Hall–Kier alpha value is -1.02. The highest BCUT2D eigenvalue weighted by atomic mass is 16.5. The van der Waals surface area contributed by atoms with Gasteiger partial charge in [0.05, 0.1) is 6.61 Å². The zero-order valence-electron chi connectivity index (χ0n) is 9.94. The van der Waals surface area contributed by atoms with Crippen LogP contribution in [0.3, 0.4) is 0 Å². The molecule has 1 fully saturated rings. The highest BCUT2D eigenvalue weighted by molar-refractivity contribution is 5.39. The van der Waals surface area contributed by atoms with Gasteiger partial charge in [-0.2, -0.15) is 0 Å². The molecule has 1 N–H and O–H groups in total. The molecule has 2 nitrogen and oxygen atoms in total. The van der Waals surface area contributed by atoms with Gasteiger partial charge in [-0.15, -0.1) is 0 Å². The number of aliphatic hydroxyl groups excluding tert-OH is 1. The zero-order valence-corrected chi connectivity index (χ0v) is 9.94. The minimum atomic E-state index is 0.520. The molecule has 1 aliphatic rings. The standard InChI is InChI=1S/C14H19O2/c1-10(2)9-16-14-6-11(8-15)5-13(7-14)12-3-4-12/h5-8,10,12,15H,3-4,9H2,1-2H3. The van der Waals surface area contributed by atoms with Crippen molar-refractivity contribution in [2.75, 3.05) is 6.61 Å². The van der Waals surface area contributed by atoms with E-state index in [1.54, 1.807) is 0 Å². The Morgan fingerprint density at radius 2 is 2.12 bits per heavy atom. The average molecular weight is 219 g/mol. The summed E-state index contributed by atoms with van der Waals surface area (Å²) in [6, 6.07) is 6.03. The zero-order chi connectivity index (χ0) is 11.5. The molecule has 0 aliphatic heterocycles. The van der Waals surface area contributed by atoms with E-state index in [1.807, 2.05) is 12.1 Å². The Kier molecular flexibility index (Phi) is 3.49. The van der Waals surface area contributed by atoms with E-state index >= 15 is 0 Å². The van der Waals surface area contributed by atoms with Gasteiger partial charge in [0.15, 0.2) is 0 Å². The molecule has 0 saturated heterocycles. The fourth-order valence-corrected chi connectivity index (χ4v) is 1.72. The van der Waals surface area contributed by atoms with Crippen LogP contribution in [0.2, 0.25) is 0 Å². The van der Waals surface area contributed by atoms with Crippen molar-refractivity contribution in [2.24, 2.45) is 5.92 Å². The molecule has 0 unspecified atom stereocenters. The molecule has 16 heavy (non-hydrogen) atoms. The highest BCUT2D eigenvalue weighted by Gasteiger charge is 2.24. The molecule has 0 atom stereocenters. The van der Waals surface area contributed by atoms with Gasteiger partial charge in [0, 0.05) is 0 Å². The molecule has 1 aromatic carbocycles. The quantitative estimate of drug-likeness (QED) is 0.821. The third-order valence-corrected chi connectivity index (χ3v) is 2.73. The maximum Gasteiger partial charge on any atom is 0.119 e. The SMILES string of the molecule is CC(C)COc1cc([CH]O)cc(C2CC2)c1. The number of hydrogen-bond acceptors (Lipinski definition) is 2. The Morgan fingerprint density at radius 3 is 2.69 bits per heavy atom. The summed E-state index contributed by atoms with van der Waals surface area (Å²) in [5, 5.41) is 9.09. The van der Waals surface area contributed by atoms with Gasteiger partial charge in [-0.25, -0.2) is 0 Å². The molecule has 2 rings (SSSR count). The summed E-state index contributed by atoms with van der Waals surface area (Å²) >= 11 is 0. The Balaban J connectivity index is 2.12. The molecule has 0 amide bonds. The van der Waals surface area contributed by atoms with Crippen LogP contribution in [0.1, 0.15) is 43.7 Å². The van der Waals surface area contributed by atoms with E-state index < -0.39 is 0 Å². The minimum Gasteiger partial charge on any atom is -0.493 e. The predicted octanol–water partition coefficient (Wildman–Crippen LogP) is 3.48. The van der Waals surface area contributed by atoms with Crippen LogP contribution in [0.25, 0.3) is 0 Å². The van der Waals surface area contributed by atoms with Crippen molar-refractivity contribution in [1.29, 1.82) is 0 Å². The lowest BCUT2D eigenvalue weighted by molar-refractivity contribution is 0.270. The van der Waals surface area contributed by atoms with Crippen LogP contribution in [-0.4, -0.2) is 11.7 Å². The number of hydrogen-bond donors (Lipinski definition) is 1. The van der Waals surface area contributed by atoms with Crippen molar-refractivity contribution in [2.45, 2.75) is 32.6 Å². The van der Waals surface area contributed by atoms with Gasteiger partial charge in [-0.05, 0) is 47.9 Å². The number of benzene rings is 1. The number of aliphatic hydroxyl groups is 1. The van der Waals surface area contributed by atoms with Crippen LogP contribution in [0.4, 0.5) is 0 Å². The lowest BCUT2D eigenvalue weighted by atomic mass is 10.1. The second kappa shape index (κ2) is 4.88. The van der Waals surface area contributed by atoms with E-state index in [0.717, 1.165) is 24.5 Å². The summed E-state index contributed by atoms with van der Waals surface area (Å²) in [4.78, 5) is 0. The van der Waals surface area contributed by atoms with Gasteiger partial charge >= 0.3 is 0 Å². The van der Waals surface area contributed by atoms with Crippen LogP contribution in [-0.2, 0) is 0 Å². The van der Waals surface area contributed by atoms with Crippen molar-refractivity contribution in [3.63, 3.8) is 0 Å². The minimum absolute atomic E-state index is 0.520. The Labute approximate surface area is 97.3 Å². The molecule has 0 spiro atoms. The van der Waals surface area contributed by atoms with Gasteiger partial charge in [0.2, 0.25) is 0 Å².